The molecule has 9 heteroatoms. The van der Waals surface area contributed by atoms with Crippen LogP contribution in [0.2, 0.25) is 0 Å². The maximum Gasteiger partial charge on any atom is 0.165 e. The Balaban J connectivity index is 1.59. The Kier molecular flexibility index (Phi) is 4.56. The first kappa shape index (κ1) is 18.3. The maximum atomic E-state index is 15.0. The number of aromatic nitrogens is 4. The zero-order valence-electron chi connectivity index (χ0n) is 16.3. The Morgan fingerprint density at radius 2 is 1.93 bits per heavy atom. The lowest BCUT2D eigenvalue weighted by Crippen LogP contribution is -2.37. The summed E-state index contributed by atoms with van der Waals surface area (Å²) < 4.78 is 16.9. The van der Waals surface area contributed by atoms with Crippen molar-refractivity contribution in [1.29, 1.82) is 0 Å². The van der Waals surface area contributed by atoms with E-state index in [1.165, 1.54) is 12.7 Å². The lowest BCUT2D eigenvalue weighted by atomic mass is 10.0. The number of anilines is 2. The molecule has 2 aromatic heterocycles. The average Bonchev–Trinajstić information content (AvgIpc) is 3.27. The molecule has 29 heavy (non-hydrogen) atoms. The van der Waals surface area contributed by atoms with E-state index in [4.69, 9.17) is 11.5 Å². The lowest BCUT2D eigenvalue weighted by Gasteiger charge is -2.32. The maximum absolute atomic E-state index is 15.0. The van der Waals surface area contributed by atoms with Crippen LogP contribution in [0.3, 0.4) is 0 Å². The van der Waals surface area contributed by atoms with Gasteiger partial charge in [-0.05, 0) is 38.1 Å². The summed E-state index contributed by atoms with van der Waals surface area (Å²) >= 11 is 0. The second-order valence-corrected chi connectivity index (χ2v) is 7.95. The standard InChI is InChI=1S/C20H25FN8/c21-16-2-3-17(28-7-4-13(22)8-28)15(14(16)9-27-5-1-6-27)10-29-12-26-18-19(23)24-11-25-20(18)29/h2-3,11-13H,1,4-10,22H2,(H2,23,24,25). The van der Waals surface area contributed by atoms with E-state index in [0.29, 0.717) is 30.1 Å². The Morgan fingerprint density at radius 3 is 2.66 bits per heavy atom. The van der Waals surface area contributed by atoms with Crippen LogP contribution in [0, 0.1) is 5.82 Å². The third-order valence-corrected chi connectivity index (χ3v) is 6.00. The van der Waals surface area contributed by atoms with Crippen molar-refractivity contribution in [3.8, 4) is 0 Å². The lowest BCUT2D eigenvalue weighted by molar-refractivity contribution is 0.170. The topological polar surface area (TPSA) is 102 Å². The molecule has 1 unspecified atom stereocenters. The normalized spacial score (nSPS) is 19.8. The van der Waals surface area contributed by atoms with Gasteiger partial charge in [-0.3, -0.25) is 4.90 Å². The van der Waals surface area contributed by atoms with Gasteiger partial charge >= 0.3 is 0 Å². The van der Waals surface area contributed by atoms with E-state index >= 15 is 0 Å². The molecule has 0 radical (unpaired) electrons. The summed E-state index contributed by atoms with van der Waals surface area (Å²) in [6.07, 6.45) is 5.24. The fraction of sp³-hybridized carbons (Fsp3) is 0.450. The largest absolute Gasteiger partial charge is 0.382 e. The first-order valence-electron chi connectivity index (χ1n) is 10.0. The smallest absolute Gasteiger partial charge is 0.165 e. The van der Waals surface area contributed by atoms with Crippen LogP contribution in [0.1, 0.15) is 24.0 Å². The monoisotopic (exact) mass is 396 g/mol. The number of nitrogen functional groups attached to an aromatic ring is 1. The molecule has 0 amide bonds. The quantitative estimate of drug-likeness (QED) is 0.671. The van der Waals surface area contributed by atoms with E-state index in [2.05, 4.69) is 24.8 Å². The van der Waals surface area contributed by atoms with Crippen LogP contribution >= 0.6 is 0 Å². The zero-order chi connectivity index (χ0) is 20.0. The van der Waals surface area contributed by atoms with Gasteiger partial charge in [0.15, 0.2) is 11.5 Å². The van der Waals surface area contributed by atoms with Crippen molar-refractivity contribution >= 4 is 22.7 Å². The van der Waals surface area contributed by atoms with Crippen molar-refractivity contribution < 1.29 is 4.39 Å². The van der Waals surface area contributed by atoms with Crippen LogP contribution in [-0.4, -0.2) is 56.6 Å². The van der Waals surface area contributed by atoms with Gasteiger partial charge in [-0.25, -0.2) is 19.3 Å². The summed E-state index contributed by atoms with van der Waals surface area (Å²) in [7, 11) is 0. The molecular formula is C20H25FN8. The van der Waals surface area contributed by atoms with Crippen LogP contribution in [0.15, 0.2) is 24.8 Å². The number of imidazole rings is 1. The Morgan fingerprint density at radius 1 is 1.07 bits per heavy atom. The molecule has 1 aromatic carbocycles. The summed E-state index contributed by atoms with van der Waals surface area (Å²) in [5.74, 6) is 0.178. The molecule has 4 heterocycles. The second kappa shape index (κ2) is 7.23. The summed E-state index contributed by atoms with van der Waals surface area (Å²) in [6, 6.07) is 3.61. The van der Waals surface area contributed by atoms with E-state index in [1.807, 2.05) is 10.6 Å². The predicted octanol–water partition coefficient (Wildman–Crippen LogP) is 1.34. The zero-order valence-corrected chi connectivity index (χ0v) is 16.3. The van der Waals surface area contributed by atoms with Crippen molar-refractivity contribution in [1.82, 2.24) is 24.4 Å². The van der Waals surface area contributed by atoms with Crippen molar-refractivity contribution in [2.24, 2.45) is 5.73 Å². The minimum absolute atomic E-state index is 0.147. The molecule has 152 valence electrons. The van der Waals surface area contributed by atoms with Crippen molar-refractivity contribution in [3.63, 3.8) is 0 Å². The van der Waals surface area contributed by atoms with Gasteiger partial charge in [0.05, 0.1) is 12.9 Å². The van der Waals surface area contributed by atoms with E-state index in [0.717, 1.165) is 49.4 Å². The van der Waals surface area contributed by atoms with Gasteiger partial charge in [-0.15, -0.1) is 0 Å². The summed E-state index contributed by atoms with van der Waals surface area (Å²) in [5, 5.41) is 0. The summed E-state index contributed by atoms with van der Waals surface area (Å²) in [4.78, 5) is 17.3. The van der Waals surface area contributed by atoms with E-state index in [9.17, 15) is 4.39 Å². The number of hydrogen-bond acceptors (Lipinski definition) is 7. The first-order valence-corrected chi connectivity index (χ1v) is 10.0. The SMILES string of the molecule is Nc1ncnc2c1ncn2Cc1c(N2CCC(N)C2)ccc(F)c1CN1CCC1. The van der Waals surface area contributed by atoms with Gasteiger partial charge in [0, 0.05) is 42.5 Å². The number of hydrogen-bond donors (Lipinski definition) is 2. The number of fused-ring (bicyclic) bond motifs is 1. The van der Waals surface area contributed by atoms with Gasteiger partial charge in [-0.1, -0.05) is 0 Å². The van der Waals surface area contributed by atoms with Gasteiger partial charge in [0.2, 0.25) is 0 Å². The molecule has 0 saturated carbocycles. The number of halogens is 1. The molecule has 0 spiro atoms. The van der Waals surface area contributed by atoms with Crippen LogP contribution in [0.5, 0.6) is 0 Å². The second-order valence-electron chi connectivity index (χ2n) is 7.95. The van der Waals surface area contributed by atoms with Crippen LogP contribution < -0.4 is 16.4 Å². The molecular weight excluding hydrogens is 371 g/mol. The fourth-order valence-corrected chi connectivity index (χ4v) is 4.25. The number of benzene rings is 1. The molecule has 2 aliphatic heterocycles. The molecule has 2 aliphatic rings. The number of nitrogens with zero attached hydrogens (tertiary/aromatic N) is 6. The Bertz CT molecular complexity index is 1040. The summed E-state index contributed by atoms with van der Waals surface area (Å²) in [5.41, 5.74) is 16.1. The average molecular weight is 396 g/mol. The minimum Gasteiger partial charge on any atom is -0.382 e. The van der Waals surface area contributed by atoms with Gasteiger partial charge < -0.3 is 20.9 Å². The van der Waals surface area contributed by atoms with Crippen LogP contribution in [0.4, 0.5) is 15.9 Å². The minimum atomic E-state index is -0.169. The van der Waals surface area contributed by atoms with Crippen LogP contribution in [-0.2, 0) is 13.1 Å². The molecule has 0 aliphatic carbocycles. The third-order valence-electron chi connectivity index (χ3n) is 6.00. The first-order chi connectivity index (χ1) is 14.1. The molecule has 5 rings (SSSR count). The molecule has 4 N–H and O–H groups in total. The number of nitrogens with two attached hydrogens (primary N) is 2. The molecule has 2 saturated heterocycles. The van der Waals surface area contributed by atoms with E-state index < -0.39 is 0 Å². The highest BCUT2D eigenvalue weighted by Crippen LogP contribution is 2.32. The van der Waals surface area contributed by atoms with Gasteiger partial charge in [0.25, 0.3) is 0 Å². The molecule has 1 atom stereocenters. The number of rotatable bonds is 5. The fourth-order valence-electron chi connectivity index (χ4n) is 4.25. The highest BCUT2D eigenvalue weighted by molar-refractivity contribution is 5.81. The molecule has 8 nitrogen and oxygen atoms in total. The highest BCUT2D eigenvalue weighted by atomic mass is 19.1. The Labute approximate surface area is 168 Å². The Hall–Kier alpha value is -2.78. The van der Waals surface area contributed by atoms with Crippen LogP contribution in [0.25, 0.3) is 11.2 Å². The van der Waals surface area contributed by atoms with E-state index in [-0.39, 0.29) is 11.9 Å². The molecule has 2 fully saturated rings. The van der Waals surface area contributed by atoms with Gasteiger partial charge in [-0.2, -0.15) is 0 Å². The van der Waals surface area contributed by atoms with E-state index in [1.54, 1.807) is 12.4 Å². The third kappa shape index (κ3) is 3.30. The number of likely N-dealkylation sites (tertiary alicyclic amines) is 1. The summed E-state index contributed by atoms with van der Waals surface area (Å²) in [6.45, 7) is 4.75. The highest BCUT2D eigenvalue weighted by Gasteiger charge is 2.26. The van der Waals surface area contributed by atoms with Crippen molar-refractivity contribution in [2.45, 2.75) is 32.0 Å². The van der Waals surface area contributed by atoms with Gasteiger partial charge in [0.1, 0.15) is 17.7 Å². The molecule has 3 aromatic rings. The van der Waals surface area contributed by atoms with Crippen molar-refractivity contribution in [2.75, 3.05) is 36.8 Å². The predicted molar refractivity (Wildman–Crippen MR) is 110 cm³/mol. The molecule has 0 bridgehead atoms. The van der Waals surface area contributed by atoms with Crippen molar-refractivity contribution in [3.05, 3.63) is 41.7 Å².